The van der Waals surface area contributed by atoms with Gasteiger partial charge in [0.1, 0.15) is 5.82 Å². The molecule has 0 aliphatic carbocycles. The molecule has 0 saturated carbocycles. The second-order valence-corrected chi connectivity index (χ2v) is 7.21. The minimum absolute atomic E-state index is 0.207. The molecule has 160 valence electrons. The molecule has 3 heterocycles. The van der Waals surface area contributed by atoms with Crippen molar-refractivity contribution >= 4 is 34.2 Å². The minimum atomic E-state index is -1.02. The third kappa shape index (κ3) is 3.51. The molecule has 5 aromatic rings. The van der Waals surface area contributed by atoms with Crippen LogP contribution >= 0.6 is 0 Å². The van der Waals surface area contributed by atoms with Gasteiger partial charge >= 0.3 is 0 Å². The Kier molecular flexibility index (Phi) is 4.74. The zero-order valence-corrected chi connectivity index (χ0v) is 16.9. The fourth-order valence-electron chi connectivity index (χ4n) is 3.46. The lowest BCUT2D eigenvalue weighted by Gasteiger charge is -2.12. The van der Waals surface area contributed by atoms with Crippen molar-refractivity contribution in [2.24, 2.45) is 7.05 Å². The lowest BCUT2D eigenvalue weighted by atomic mass is 10.2. The number of fused-ring (bicyclic) bond motifs is 3. The van der Waals surface area contributed by atoms with Crippen LogP contribution in [0.15, 0.2) is 61.1 Å². The van der Waals surface area contributed by atoms with Crippen molar-refractivity contribution in [3.63, 3.8) is 0 Å². The van der Waals surface area contributed by atoms with Crippen molar-refractivity contribution in [3.05, 3.63) is 83.8 Å². The van der Waals surface area contributed by atoms with Crippen LogP contribution < -0.4 is 10.6 Å². The molecule has 0 spiro atoms. The largest absolute Gasteiger partial charge is 0.363 e. The highest BCUT2D eigenvalue weighted by Gasteiger charge is 2.18. The molecule has 0 radical (unpaired) electrons. The van der Waals surface area contributed by atoms with E-state index in [4.69, 9.17) is 0 Å². The van der Waals surface area contributed by atoms with Crippen LogP contribution in [0.2, 0.25) is 0 Å². The topological polar surface area (TPSA) is 89.1 Å². The van der Waals surface area contributed by atoms with E-state index in [-0.39, 0.29) is 16.9 Å². The number of nitrogens with zero attached hydrogens (tertiary/aromatic N) is 5. The van der Waals surface area contributed by atoms with Crippen LogP contribution in [0.4, 0.5) is 20.4 Å². The quantitative estimate of drug-likeness (QED) is 0.441. The van der Waals surface area contributed by atoms with Gasteiger partial charge in [-0.25, -0.2) is 18.7 Å². The fraction of sp³-hybridized carbons (Fsp3) is 0.0909. The van der Waals surface area contributed by atoms with Gasteiger partial charge in [0.25, 0.3) is 5.91 Å². The van der Waals surface area contributed by atoms with Gasteiger partial charge in [0.2, 0.25) is 0 Å². The first-order chi connectivity index (χ1) is 15.5. The van der Waals surface area contributed by atoms with E-state index in [2.05, 4.69) is 25.7 Å². The number of anilines is 2. The Morgan fingerprint density at radius 3 is 2.62 bits per heavy atom. The van der Waals surface area contributed by atoms with Crippen LogP contribution in [-0.4, -0.2) is 30.1 Å². The lowest BCUT2D eigenvalue weighted by molar-refractivity contribution is 0.102. The Morgan fingerprint density at radius 1 is 1.09 bits per heavy atom. The van der Waals surface area contributed by atoms with E-state index < -0.39 is 11.6 Å². The van der Waals surface area contributed by atoms with Gasteiger partial charge in [-0.1, -0.05) is 18.2 Å². The molecule has 0 atom stereocenters. The summed E-state index contributed by atoms with van der Waals surface area (Å²) in [5.74, 6) is -1.74. The number of halogens is 2. The predicted octanol–water partition coefficient (Wildman–Crippen LogP) is 3.76. The standard InChI is InChI=1S/C22H17F2N7O/c1-30-12-13(10-27-30)9-25-20-21-26-11-19(29-22(32)14-5-3-2-4-6-14)31(21)18-8-16(24)15(23)7-17(18)28-20/h2-8,10-12H,9H2,1H3,(H,25,28)(H,29,32). The predicted molar refractivity (Wildman–Crippen MR) is 115 cm³/mol. The Bertz CT molecular complexity index is 1460. The maximum Gasteiger partial charge on any atom is 0.256 e. The zero-order chi connectivity index (χ0) is 22.2. The molecule has 0 fully saturated rings. The van der Waals surface area contributed by atoms with Crippen LogP contribution in [0.25, 0.3) is 16.7 Å². The number of imidazole rings is 1. The summed E-state index contributed by atoms with van der Waals surface area (Å²) in [4.78, 5) is 21.5. The van der Waals surface area contributed by atoms with Crippen molar-refractivity contribution in [3.8, 4) is 0 Å². The van der Waals surface area contributed by atoms with E-state index in [1.165, 1.54) is 10.6 Å². The van der Waals surface area contributed by atoms with Crippen LogP contribution in [0.3, 0.4) is 0 Å². The molecule has 2 N–H and O–H groups in total. The molecule has 8 nitrogen and oxygen atoms in total. The summed E-state index contributed by atoms with van der Waals surface area (Å²) in [5, 5.41) is 10.1. The maximum absolute atomic E-state index is 14.1. The summed E-state index contributed by atoms with van der Waals surface area (Å²) in [7, 11) is 1.81. The fourth-order valence-corrected chi connectivity index (χ4v) is 3.46. The Labute approximate surface area is 180 Å². The van der Waals surface area contributed by atoms with Crippen molar-refractivity contribution in [2.75, 3.05) is 10.6 Å². The van der Waals surface area contributed by atoms with Gasteiger partial charge in [0.05, 0.1) is 23.4 Å². The maximum atomic E-state index is 14.1. The lowest BCUT2D eigenvalue weighted by Crippen LogP contribution is -2.14. The minimum Gasteiger partial charge on any atom is -0.363 e. The average Bonchev–Trinajstić information content (AvgIpc) is 3.40. The van der Waals surface area contributed by atoms with Gasteiger partial charge in [-0.05, 0) is 12.1 Å². The molecule has 0 bridgehead atoms. The molecule has 10 heteroatoms. The number of hydrogen-bond acceptors (Lipinski definition) is 5. The smallest absolute Gasteiger partial charge is 0.256 e. The number of hydrogen-bond donors (Lipinski definition) is 2. The van der Waals surface area contributed by atoms with Crippen molar-refractivity contribution < 1.29 is 13.6 Å². The molecule has 0 aliphatic rings. The number of carbonyl (C=O) groups is 1. The van der Waals surface area contributed by atoms with Crippen LogP contribution in [-0.2, 0) is 13.6 Å². The second kappa shape index (κ2) is 7.73. The highest BCUT2D eigenvalue weighted by molar-refractivity contribution is 6.04. The Hall–Kier alpha value is -4.34. The van der Waals surface area contributed by atoms with E-state index in [1.54, 1.807) is 35.1 Å². The van der Waals surface area contributed by atoms with Gasteiger partial charge in [-0.2, -0.15) is 5.10 Å². The number of rotatable bonds is 5. The number of aromatic nitrogens is 5. The monoisotopic (exact) mass is 433 g/mol. The first kappa shape index (κ1) is 19.6. The summed E-state index contributed by atoms with van der Waals surface area (Å²) < 4.78 is 31.2. The van der Waals surface area contributed by atoms with Gasteiger partial charge in [-0.15, -0.1) is 0 Å². The number of nitrogens with one attached hydrogen (secondary N) is 2. The molecule has 3 aromatic heterocycles. The molecule has 0 aliphatic heterocycles. The first-order valence-corrected chi connectivity index (χ1v) is 9.73. The van der Waals surface area contributed by atoms with Crippen LogP contribution in [0, 0.1) is 11.6 Å². The molecule has 32 heavy (non-hydrogen) atoms. The number of amides is 1. The zero-order valence-electron chi connectivity index (χ0n) is 16.9. The molecule has 1 amide bonds. The molecule has 0 unspecified atom stereocenters. The molecule has 5 rings (SSSR count). The number of benzene rings is 2. The molecular weight excluding hydrogens is 416 g/mol. The van der Waals surface area contributed by atoms with E-state index in [9.17, 15) is 13.6 Å². The average molecular weight is 433 g/mol. The van der Waals surface area contributed by atoms with Gasteiger partial charge < -0.3 is 10.6 Å². The van der Waals surface area contributed by atoms with Gasteiger partial charge in [-0.3, -0.25) is 13.9 Å². The molecular formula is C22H17F2N7O. The third-order valence-corrected chi connectivity index (χ3v) is 4.96. The summed E-state index contributed by atoms with van der Waals surface area (Å²) in [6.45, 7) is 0.393. The van der Waals surface area contributed by atoms with E-state index in [1.807, 2.05) is 19.3 Å². The van der Waals surface area contributed by atoms with Gasteiger partial charge in [0.15, 0.2) is 23.1 Å². The van der Waals surface area contributed by atoms with Crippen LogP contribution in [0.1, 0.15) is 15.9 Å². The van der Waals surface area contributed by atoms with Gasteiger partial charge in [0, 0.05) is 43.0 Å². The van der Waals surface area contributed by atoms with E-state index >= 15 is 0 Å². The summed E-state index contributed by atoms with van der Waals surface area (Å²) in [6.07, 6.45) is 5.00. The third-order valence-electron chi connectivity index (χ3n) is 4.96. The Morgan fingerprint density at radius 2 is 1.88 bits per heavy atom. The van der Waals surface area contributed by atoms with Crippen molar-refractivity contribution in [1.82, 2.24) is 24.1 Å². The second-order valence-electron chi connectivity index (χ2n) is 7.21. The normalized spacial score (nSPS) is 11.2. The SMILES string of the molecule is Cn1cc(CNc2nc3cc(F)c(F)cc3n3c(NC(=O)c4ccccc4)cnc23)cn1. The Balaban J connectivity index is 1.61. The summed E-state index contributed by atoms with van der Waals surface area (Å²) in [5.41, 5.74) is 2.19. The van der Waals surface area contributed by atoms with E-state index in [0.29, 0.717) is 29.4 Å². The van der Waals surface area contributed by atoms with Crippen molar-refractivity contribution in [1.29, 1.82) is 0 Å². The molecule has 0 saturated heterocycles. The first-order valence-electron chi connectivity index (χ1n) is 9.73. The number of aryl methyl sites for hydroxylation is 1. The van der Waals surface area contributed by atoms with Crippen LogP contribution in [0.5, 0.6) is 0 Å². The summed E-state index contributed by atoms with van der Waals surface area (Å²) >= 11 is 0. The van der Waals surface area contributed by atoms with Crippen molar-refractivity contribution in [2.45, 2.75) is 6.54 Å². The number of carbonyl (C=O) groups excluding carboxylic acids is 1. The molecule has 2 aromatic carbocycles. The highest BCUT2D eigenvalue weighted by Crippen LogP contribution is 2.27. The summed E-state index contributed by atoms with van der Waals surface area (Å²) in [6, 6.07) is 10.7. The van der Waals surface area contributed by atoms with E-state index in [0.717, 1.165) is 17.7 Å². The highest BCUT2D eigenvalue weighted by atomic mass is 19.2.